The number of piperidine rings is 1. The highest BCUT2D eigenvalue weighted by molar-refractivity contribution is 7.89. The summed E-state index contributed by atoms with van der Waals surface area (Å²) in [5, 5.41) is 6.86. The van der Waals surface area contributed by atoms with Gasteiger partial charge in [-0.05, 0) is 43.4 Å². The van der Waals surface area contributed by atoms with Crippen molar-refractivity contribution in [3.8, 4) is 11.4 Å². The minimum absolute atomic E-state index is 0.0985. The first-order valence-corrected chi connectivity index (χ1v) is 12.5. The molecule has 33 heavy (non-hydrogen) atoms. The summed E-state index contributed by atoms with van der Waals surface area (Å²) in [5.41, 5.74) is 2.36. The summed E-state index contributed by atoms with van der Waals surface area (Å²) < 4.78 is 33.4. The van der Waals surface area contributed by atoms with Crippen LogP contribution in [0.5, 0.6) is 0 Å². The van der Waals surface area contributed by atoms with Gasteiger partial charge in [-0.3, -0.25) is 4.79 Å². The van der Waals surface area contributed by atoms with Gasteiger partial charge in [0.15, 0.2) is 0 Å². The lowest BCUT2D eigenvalue weighted by Gasteiger charge is -2.31. The van der Waals surface area contributed by atoms with E-state index in [2.05, 4.69) is 15.5 Å². The zero-order chi connectivity index (χ0) is 23.4. The van der Waals surface area contributed by atoms with Crippen LogP contribution in [0.2, 0.25) is 0 Å². The van der Waals surface area contributed by atoms with E-state index in [1.54, 1.807) is 32.0 Å². The highest BCUT2D eigenvalue weighted by Crippen LogP contribution is 2.29. The van der Waals surface area contributed by atoms with Crippen molar-refractivity contribution in [2.75, 3.05) is 19.6 Å². The van der Waals surface area contributed by atoms with E-state index in [0.29, 0.717) is 48.8 Å². The van der Waals surface area contributed by atoms with E-state index in [1.165, 1.54) is 4.31 Å². The smallest absolute Gasteiger partial charge is 0.243 e. The number of benzene rings is 2. The van der Waals surface area contributed by atoms with Crippen LogP contribution in [-0.2, 0) is 21.2 Å². The summed E-state index contributed by atoms with van der Waals surface area (Å²) in [4.78, 5) is 17.1. The molecule has 0 unspecified atom stereocenters. The highest BCUT2D eigenvalue weighted by Gasteiger charge is 2.34. The fraction of sp³-hybridized carbons (Fsp3) is 0.375. The predicted octanol–water partition coefficient (Wildman–Crippen LogP) is 3.11. The summed E-state index contributed by atoms with van der Waals surface area (Å²) in [6.45, 7) is 4.53. The normalized spacial score (nSPS) is 17.1. The predicted molar refractivity (Wildman–Crippen MR) is 124 cm³/mol. The van der Waals surface area contributed by atoms with Gasteiger partial charge in [-0.25, -0.2) is 8.42 Å². The minimum Gasteiger partial charge on any atom is -0.355 e. The number of hydrogen-bond acceptors (Lipinski definition) is 6. The van der Waals surface area contributed by atoms with Crippen LogP contribution in [0, 0.1) is 19.8 Å². The molecule has 4 rings (SSSR count). The van der Waals surface area contributed by atoms with Crippen molar-refractivity contribution in [2.45, 2.75) is 38.0 Å². The van der Waals surface area contributed by atoms with Gasteiger partial charge in [0.05, 0.1) is 10.8 Å². The molecule has 3 aromatic rings. The van der Waals surface area contributed by atoms with Crippen molar-refractivity contribution in [3.05, 3.63) is 65.5 Å². The Hall–Kier alpha value is -3.04. The third-order valence-corrected chi connectivity index (χ3v) is 7.91. The van der Waals surface area contributed by atoms with Crippen molar-refractivity contribution in [1.29, 1.82) is 0 Å². The molecule has 1 saturated heterocycles. The number of rotatable bonds is 7. The highest BCUT2D eigenvalue weighted by atomic mass is 32.2. The molecule has 1 fully saturated rings. The molecular formula is C24H28N4O4S. The van der Waals surface area contributed by atoms with Crippen molar-refractivity contribution >= 4 is 15.9 Å². The van der Waals surface area contributed by atoms with Crippen LogP contribution in [0.4, 0.5) is 0 Å². The maximum Gasteiger partial charge on any atom is 0.243 e. The van der Waals surface area contributed by atoms with Crippen LogP contribution in [0.15, 0.2) is 57.9 Å². The molecule has 1 amide bonds. The number of nitrogens with zero attached hydrogens (tertiary/aromatic N) is 3. The molecule has 2 heterocycles. The standard InChI is InChI=1S/C24H28N4O4S/c1-17-10-11-20(23-26-18(2)32-27-23)15-22(17)33(30,31)28-14-6-9-21(16-28)24(29)25-13-12-19-7-4-3-5-8-19/h3-5,7-8,10-11,15,21H,6,9,12-14,16H2,1-2H3,(H,25,29)/t21-/m1/s1. The lowest BCUT2D eigenvalue weighted by atomic mass is 9.99. The summed E-state index contributed by atoms with van der Waals surface area (Å²) in [5.74, 6) is 0.289. The van der Waals surface area contributed by atoms with Gasteiger partial charge in [-0.1, -0.05) is 47.6 Å². The minimum atomic E-state index is -3.78. The van der Waals surface area contributed by atoms with Gasteiger partial charge in [-0.2, -0.15) is 9.29 Å². The Balaban J connectivity index is 1.45. The van der Waals surface area contributed by atoms with E-state index < -0.39 is 10.0 Å². The van der Waals surface area contributed by atoms with Crippen LogP contribution in [0.3, 0.4) is 0 Å². The molecule has 0 bridgehead atoms. The Morgan fingerprint density at radius 2 is 1.97 bits per heavy atom. The first kappa shape index (κ1) is 23.1. The molecule has 0 radical (unpaired) electrons. The van der Waals surface area contributed by atoms with E-state index in [4.69, 9.17) is 4.52 Å². The van der Waals surface area contributed by atoms with Crippen LogP contribution in [0.25, 0.3) is 11.4 Å². The largest absolute Gasteiger partial charge is 0.355 e. The van der Waals surface area contributed by atoms with Crippen LogP contribution >= 0.6 is 0 Å². The van der Waals surface area contributed by atoms with Gasteiger partial charge in [0.1, 0.15) is 0 Å². The maximum absolute atomic E-state index is 13.5. The second-order valence-electron chi connectivity index (χ2n) is 8.35. The van der Waals surface area contributed by atoms with Crippen molar-refractivity contribution in [3.63, 3.8) is 0 Å². The molecule has 0 saturated carbocycles. The molecule has 1 aromatic heterocycles. The Bertz CT molecular complexity index is 1220. The number of sulfonamides is 1. The number of amides is 1. The summed E-state index contributed by atoms with van der Waals surface area (Å²) in [7, 11) is -3.78. The fourth-order valence-electron chi connectivity index (χ4n) is 4.07. The van der Waals surface area contributed by atoms with Crippen LogP contribution < -0.4 is 5.32 Å². The summed E-state index contributed by atoms with van der Waals surface area (Å²) in [6, 6.07) is 15.0. The molecule has 174 valence electrons. The zero-order valence-electron chi connectivity index (χ0n) is 18.8. The van der Waals surface area contributed by atoms with E-state index in [9.17, 15) is 13.2 Å². The maximum atomic E-state index is 13.5. The Kier molecular flexibility index (Phi) is 6.90. The first-order chi connectivity index (χ1) is 15.8. The first-order valence-electron chi connectivity index (χ1n) is 11.1. The average molecular weight is 469 g/mol. The molecule has 8 nitrogen and oxygen atoms in total. The molecular weight excluding hydrogens is 440 g/mol. The lowest BCUT2D eigenvalue weighted by molar-refractivity contribution is -0.126. The zero-order valence-corrected chi connectivity index (χ0v) is 19.6. The topological polar surface area (TPSA) is 105 Å². The monoisotopic (exact) mass is 468 g/mol. The Labute approximate surface area is 194 Å². The second-order valence-corrected chi connectivity index (χ2v) is 10.3. The quantitative estimate of drug-likeness (QED) is 0.571. The van der Waals surface area contributed by atoms with Crippen molar-refractivity contribution < 1.29 is 17.7 Å². The molecule has 1 aliphatic heterocycles. The van der Waals surface area contributed by atoms with Gasteiger partial charge < -0.3 is 9.84 Å². The van der Waals surface area contributed by atoms with Gasteiger partial charge in [0.25, 0.3) is 0 Å². The van der Waals surface area contributed by atoms with Gasteiger partial charge in [0, 0.05) is 32.1 Å². The second kappa shape index (κ2) is 9.84. The van der Waals surface area contributed by atoms with Gasteiger partial charge in [-0.15, -0.1) is 0 Å². The SMILES string of the molecule is Cc1nc(-c2ccc(C)c(S(=O)(=O)N3CCC[C@@H](C(=O)NCCc4ccccc4)C3)c2)no1. The Morgan fingerprint density at radius 1 is 1.18 bits per heavy atom. The van der Waals surface area contributed by atoms with E-state index in [0.717, 1.165) is 12.0 Å². The summed E-state index contributed by atoms with van der Waals surface area (Å²) >= 11 is 0. The number of aryl methyl sites for hydroxylation is 2. The molecule has 0 aliphatic carbocycles. The molecule has 9 heteroatoms. The lowest BCUT2D eigenvalue weighted by Crippen LogP contribution is -2.45. The fourth-order valence-corrected chi connectivity index (χ4v) is 5.84. The third kappa shape index (κ3) is 5.31. The van der Waals surface area contributed by atoms with Crippen molar-refractivity contribution in [2.24, 2.45) is 5.92 Å². The van der Waals surface area contributed by atoms with Gasteiger partial charge >= 0.3 is 0 Å². The van der Waals surface area contributed by atoms with Crippen molar-refractivity contribution in [1.82, 2.24) is 19.8 Å². The molecule has 1 N–H and O–H groups in total. The Morgan fingerprint density at radius 3 is 2.70 bits per heavy atom. The number of hydrogen-bond donors (Lipinski definition) is 1. The molecule has 2 aromatic carbocycles. The molecule has 1 atom stereocenters. The average Bonchev–Trinajstić information content (AvgIpc) is 3.26. The summed E-state index contributed by atoms with van der Waals surface area (Å²) in [6.07, 6.45) is 2.05. The number of carbonyl (C=O) groups is 1. The van der Waals surface area contributed by atoms with Gasteiger partial charge in [0.2, 0.25) is 27.6 Å². The third-order valence-electron chi connectivity index (χ3n) is 5.90. The van der Waals surface area contributed by atoms with E-state index >= 15 is 0 Å². The molecule has 0 spiro atoms. The van der Waals surface area contributed by atoms with Crippen LogP contribution in [0.1, 0.15) is 29.9 Å². The number of nitrogens with one attached hydrogen (secondary N) is 1. The van der Waals surface area contributed by atoms with E-state index in [-0.39, 0.29) is 23.3 Å². The molecule has 1 aliphatic rings. The van der Waals surface area contributed by atoms with E-state index in [1.807, 2.05) is 30.3 Å². The number of aromatic nitrogens is 2. The number of carbonyl (C=O) groups excluding carboxylic acids is 1. The van der Waals surface area contributed by atoms with Crippen LogP contribution in [-0.4, -0.2) is 48.4 Å².